The molecule has 0 fully saturated rings. The van der Waals surface area contributed by atoms with Crippen molar-refractivity contribution in [3.63, 3.8) is 0 Å². The second-order valence-electron chi connectivity index (χ2n) is 6.88. The van der Waals surface area contributed by atoms with Crippen molar-refractivity contribution in [3.8, 4) is 0 Å². The maximum absolute atomic E-state index is 13.5. The van der Waals surface area contributed by atoms with E-state index in [1.807, 2.05) is 30.3 Å². The number of carbonyl (C=O) groups excluding carboxylic acids is 2. The van der Waals surface area contributed by atoms with Crippen LogP contribution in [0.5, 0.6) is 0 Å². The van der Waals surface area contributed by atoms with Crippen LogP contribution in [0, 0.1) is 5.82 Å². The number of likely N-dealkylation sites (N-methyl/N-ethyl adjacent to an activating group) is 1. The molecule has 1 spiro atoms. The Kier molecular flexibility index (Phi) is 3.34. The van der Waals surface area contributed by atoms with Crippen LogP contribution < -0.4 is 15.1 Å². The lowest BCUT2D eigenvalue weighted by Gasteiger charge is -2.44. The summed E-state index contributed by atoms with van der Waals surface area (Å²) in [6.45, 7) is 0. The van der Waals surface area contributed by atoms with E-state index in [-0.39, 0.29) is 11.8 Å². The lowest BCUT2D eigenvalue weighted by Crippen LogP contribution is -2.62. The molecular formula is C22H16FN3O2. The molecule has 28 heavy (non-hydrogen) atoms. The number of nitrogens with one attached hydrogen (secondary N) is 1. The Labute approximate surface area is 161 Å². The van der Waals surface area contributed by atoms with Gasteiger partial charge in [0, 0.05) is 24.0 Å². The molecule has 0 saturated carbocycles. The summed E-state index contributed by atoms with van der Waals surface area (Å²) >= 11 is 0. The van der Waals surface area contributed by atoms with Crippen LogP contribution in [-0.4, -0.2) is 18.9 Å². The third kappa shape index (κ3) is 2.00. The fraction of sp³-hybridized carbons (Fsp3) is 0.0909. The Balaban J connectivity index is 1.83. The molecule has 2 aliphatic rings. The molecule has 0 aromatic heterocycles. The second-order valence-corrected chi connectivity index (χ2v) is 6.88. The third-order valence-corrected chi connectivity index (χ3v) is 5.37. The number of anilines is 3. The van der Waals surface area contributed by atoms with Gasteiger partial charge in [-0.05, 0) is 42.5 Å². The van der Waals surface area contributed by atoms with Gasteiger partial charge < -0.3 is 10.2 Å². The van der Waals surface area contributed by atoms with Crippen LogP contribution in [0.2, 0.25) is 0 Å². The first-order valence-electron chi connectivity index (χ1n) is 8.89. The average Bonchev–Trinajstić information content (AvgIpc) is 2.92. The fourth-order valence-corrected chi connectivity index (χ4v) is 4.08. The van der Waals surface area contributed by atoms with Crippen LogP contribution in [0.4, 0.5) is 21.5 Å². The van der Waals surface area contributed by atoms with Gasteiger partial charge in [0.1, 0.15) is 5.82 Å². The van der Waals surface area contributed by atoms with Crippen molar-refractivity contribution in [3.05, 3.63) is 89.7 Å². The summed E-state index contributed by atoms with van der Waals surface area (Å²) < 4.78 is 13.5. The lowest BCUT2D eigenvalue weighted by atomic mass is 9.92. The van der Waals surface area contributed by atoms with Gasteiger partial charge in [-0.3, -0.25) is 14.5 Å². The molecule has 1 N–H and O–H groups in total. The summed E-state index contributed by atoms with van der Waals surface area (Å²) in [6, 6.07) is 20.0. The Morgan fingerprint density at radius 2 is 1.57 bits per heavy atom. The van der Waals surface area contributed by atoms with E-state index in [1.165, 1.54) is 29.2 Å². The molecule has 0 unspecified atom stereocenters. The molecule has 2 heterocycles. The largest absolute Gasteiger partial charge is 0.350 e. The molecule has 5 nitrogen and oxygen atoms in total. The number of benzene rings is 3. The molecule has 3 aromatic rings. The Hall–Kier alpha value is -3.67. The van der Waals surface area contributed by atoms with Gasteiger partial charge in [-0.2, -0.15) is 0 Å². The highest BCUT2D eigenvalue weighted by molar-refractivity contribution is 6.22. The first-order chi connectivity index (χ1) is 13.5. The normalized spacial score (nSPS) is 20.2. The predicted molar refractivity (Wildman–Crippen MR) is 105 cm³/mol. The highest BCUT2D eigenvalue weighted by Gasteiger charge is 2.58. The predicted octanol–water partition coefficient (Wildman–Crippen LogP) is 3.73. The molecule has 0 radical (unpaired) electrons. The molecular weight excluding hydrogens is 357 g/mol. The van der Waals surface area contributed by atoms with E-state index in [0.717, 1.165) is 5.69 Å². The summed E-state index contributed by atoms with van der Waals surface area (Å²) in [5, 5.41) is 3.32. The smallest absolute Gasteiger partial charge is 0.278 e. The monoisotopic (exact) mass is 373 g/mol. The third-order valence-electron chi connectivity index (χ3n) is 5.37. The van der Waals surface area contributed by atoms with Gasteiger partial charge in [0.2, 0.25) is 5.66 Å². The number of amides is 2. The molecule has 0 saturated heterocycles. The summed E-state index contributed by atoms with van der Waals surface area (Å²) in [5.74, 6) is -1.01. The quantitative estimate of drug-likeness (QED) is 0.707. The van der Waals surface area contributed by atoms with Crippen molar-refractivity contribution in [2.75, 3.05) is 22.2 Å². The fourth-order valence-electron chi connectivity index (χ4n) is 4.08. The van der Waals surface area contributed by atoms with E-state index >= 15 is 0 Å². The van der Waals surface area contributed by atoms with Crippen LogP contribution in [-0.2, 0) is 10.5 Å². The Morgan fingerprint density at radius 1 is 0.893 bits per heavy atom. The van der Waals surface area contributed by atoms with Crippen LogP contribution in [0.3, 0.4) is 0 Å². The first kappa shape index (κ1) is 16.5. The number of fused-ring (bicyclic) bond motifs is 3. The highest BCUT2D eigenvalue weighted by atomic mass is 19.1. The number of hydrogen-bond acceptors (Lipinski definition) is 3. The summed E-state index contributed by atoms with van der Waals surface area (Å²) in [7, 11) is 1.69. The number of halogens is 1. The topological polar surface area (TPSA) is 52.7 Å². The molecule has 1 atom stereocenters. The molecule has 2 aliphatic heterocycles. The van der Waals surface area contributed by atoms with Crippen molar-refractivity contribution in [2.45, 2.75) is 5.66 Å². The molecule has 138 valence electrons. The highest BCUT2D eigenvalue weighted by Crippen LogP contribution is 2.48. The lowest BCUT2D eigenvalue weighted by molar-refractivity contribution is -0.121. The van der Waals surface area contributed by atoms with Gasteiger partial charge >= 0.3 is 0 Å². The van der Waals surface area contributed by atoms with Crippen LogP contribution in [0.1, 0.15) is 15.9 Å². The first-order valence-corrected chi connectivity index (χ1v) is 8.89. The minimum absolute atomic E-state index is 0.277. The van der Waals surface area contributed by atoms with E-state index in [0.29, 0.717) is 22.5 Å². The Bertz CT molecular complexity index is 1130. The van der Waals surface area contributed by atoms with Crippen LogP contribution >= 0.6 is 0 Å². The Morgan fingerprint density at radius 3 is 2.36 bits per heavy atom. The zero-order chi connectivity index (χ0) is 19.5. The number of nitrogens with zero attached hydrogens (tertiary/aromatic N) is 2. The van der Waals surface area contributed by atoms with E-state index in [2.05, 4.69) is 5.32 Å². The maximum Gasteiger partial charge on any atom is 0.278 e. The zero-order valence-electron chi connectivity index (χ0n) is 15.0. The molecule has 2 amide bonds. The number of para-hydroxylation sites is 2. The van der Waals surface area contributed by atoms with Crippen molar-refractivity contribution in [1.82, 2.24) is 0 Å². The summed E-state index contributed by atoms with van der Waals surface area (Å²) in [4.78, 5) is 30.1. The number of rotatable bonds is 1. The van der Waals surface area contributed by atoms with E-state index < -0.39 is 11.5 Å². The van der Waals surface area contributed by atoms with Crippen molar-refractivity contribution in [2.24, 2.45) is 0 Å². The van der Waals surface area contributed by atoms with Crippen LogP contribution in [0.15, 0.2) is 72.8 Å². The minimum atomic E-state index is -1.44. The minimum Gasteiger partial charge on any atom is -0.350 e. The van der Waals surface area contributed by atoms with Gasteiger partial charge in [-0.25, -0.2) is 4.39 Å². The molecule has 0 bridgehead atoms. The average molecular weight is 373 g/mol. The number of hydrogen-bond donors (Lipinski definition) is 1. The summed E-state index contributed by atoms with van der Waals surface area (Å²) in [5.41, 5.74) is 1.44. The maximum atomic E-state index is 13.5. The van der Waals surface area contributed by atoms with Gasteiger partial charge in [0.15, 0.2) is 0 Å². The van der Waals surface area contributed by atoms with E-state index in [1.54, 1.807) is 30.1 Å². The van der Waals surface area contributed by atoms with Crippen molar-refractivity contribution >= 4 is 28.9 Å². The van der Waals surface area contributed by atoms with Gasteiger partial charge in [-0.1, -0.05) is 30.3 Å². The van der Waals surface area contributed by atoms with Crippen LogP contribution in [0.25, 0.3) is 0 Å². The van der Waals surface area contributed by atoms with Gasteiger partial charge in [-0.15, -0.1) is 0 Å². The van der Waals surface area contributed by atoms with Crippen molar-refractivity contribution < 1.29 is 14.0 Å². The van der Waals surface area contributed by atoms with Gasteiger partial charge in [0.05, 0.1) is 11.3 Å². The van der Waals surface area contributed by atoms with E-state index in [9.17, 15) is 14.0 Å². The molecule has 0 aliphatic carbocycles. The zero-order valence-corrected chi connectivity index (χ0v) is 15.0. The van der Waals surface area contributed by atoms with Crippen molar-refractivity contribution in [1.29, 1.82) is 0 Å². The summed E-state index contributed by atoms with van der Waals surface area (Å²) in [6.07, 6.45) is 0. The molecule has 6 heteroatoms. The second kappa shape index (κ2) is 5.66. The standard InChI is InChI=1S/C22H16FN3O2/c1-25-19-9-5-3-7-17(19)22(21(25)28)24-18-8-4-2-6-16(18)20(27)26(22)15-12-10-14(23)11-13-15/h2-13,24H,1H3/t22-/m1/s1. The van der Waals surface area contributed by atoms with Gasteiger partial charge in [0.25, 0.3) is 11.8 Å². The molecule has 3 aromatic carbocycles. The molecule has 5 rings (SSSR count). The number of carbonyl (C=O) groups is 2. The SMILES string of the molecule is CN1C(=O)[C@@]2(Nc3ccccc3C(=O)N2c2ccc(F)cc2)c2ccccc21. The van der Waals surface area contributed by atoms with E-state index in [4.69, 9.17) is 0 Å².